The Balaban J connectivity index is 2.07. The Morgan fingerprint density at radius 3 is 2.62 bits per heavy atom. The topological polar surface area (TPSA) is 9.23 Å². The summed E-state index contributed by atoms with van der Waals surface area (Å²) in [5.41, 5.74) is 2.40. The summed E-state index contributed by atoms with van der Waals surface area (Å²) in [6.45, 7) is 4.25. The summed E-state index contributed by atoms with van der Waals surface area (Å²) < 4.78 is 5.75. The van der Waals surface area contributed by atoms with E-state index in [-0.39, 0.29) is 5.60 Å². The fraction of sp³-hybridized carbons (Fsp3) is 0.333. The van der Waals surface area contributed by atoms with Gasteiger partial charge in [0, 0.05) is 0 Å². The van der Waals surface area contributed by atoms with E-state index in [1.54, 1.807) is 0 Å². The maximum absolute atomic E-state index is 5.75. The minimum absolute atomic E-state index is 0.144. The van der Waals surface area contributed by atoms with E-state index < -0.39 is 0 Å². The van der Waals surface area contributed by atoms with Crippen molar-refractivity contribution in [1.29, 1.82) is 0 Å². The van der Waals surface area contributed by atoms with Crippen LogP contribution < -0.4 is 0 Å². The lowest BCUT2D eigenvalue weighted by Crippen LogP contribution is -2.26. The van der Waals surface area contributed by atoms with Gasteiger partial charge in [0.15, 0.2) is 0 Å². The second kappa shape index (κ2) is 4.56. The first-order valence-electron chi connectivity index (χ1n) is 5.76. The maximum Gasteiger partial charge on any atom is 0.124 e. The lowest BCUT2D eigenvalue weighted by molar-refractivity contribution is 0.0641. The molecule has 16 heavy (non-hydrogen) atoms. The van der Waals surface area contributed by atoms with Crippen molar-refractivity contribution in [3.05, 3.63) is 53.8 Å². The highest BCUT2D eigenvalue weighted by atomic mass is 16.5. The van der Waals surface area contributed by atoms with Crippen LogP contribution in [0, 0.1) is 0 Å². The van der Waals surface area contributed by atoms with Crippen LogP contribution in [0.3, 0.4) is 0 Å². The second-order valence-corrected chi connectivity index (χ2v) is 4.64. The molecule has 1 nitrogen and oxygen atoms in total. The normalized spacial score (nSPS) is 25.2. The number of benzene rings is 1. The van der Waals surface area contributed by atoms with Crippen molar-refractivity contribution < 1.29 is 4.74 Å². The molecule has 1 heteroatoms. The molecule has 0 aliphatic carbocycles. The van der Waals surface area contributed by atoms with Gasteiger partial charge in [-0.1, -0.05) is 36.4 Å². The summed E-state index contributed by atoms with van der Waals surface area (Å²) in [5.74, 6) is 0. The third-order valence-corrected chi connectivity index (χ3v) is 2.97. The molecule has 0 saturated heterocycles. The van der Waals surface area contributed by atoms with Crippen LogP contribution in [0.5, 0.6) is 0 Å². The Hall–Kier alpha value is -1.50. The first kappa shape index (κ1) is 11.0. The third kappa shape index (κ3) is 2.75. The van der Waals surface area contributed by atoms with Gasteiger partial charge in [0.2, 0.25) is 0 Å². The van der Waals surface area contributed by atoms with E-state index in [1.807, 2.05) is 24.5 Å². The summed E-state index contributed by atoms with van der Waals surface area (Å²) in [6, 6.07) is 10.3. The molecule has 1 aliphatic rings. The largest absolute Gasteiger partial charge is 0.491 e. The second-order valence-electron chi connectivity index (χ2n) is 4.64. The van der Waals surface area contributed by atoms with E-state index >= 15 is 0 Å². The van der Waals surface area contributed by atoms with Gasteiger partial charge in [-0.15, -0.1) is 0 Å². The number of allylic oxidation sites excluding steroid dienone is 1. The van der Waals surface area contributed by atoms with Crippen LogP contribution in [0.1, 0.15) is 32.3 Å². The van der Waals surface area contributed by atoms with Gasteiger partial charge in [-0.3, -0.25) is 0 Å². The van der Waals surface area contributed by atoms with Crippen LogP contribution in [-0.4, -0.2) is 5.60 Å². The average molecular weight is 214 g/mol. The van der Waals surface area contributed by atoms with E-state index in [0.29, 0.717) is 0 Å². The Labute approximate surface area is 97.4 Å². The lowest BCUT2D eigenvalue weighted by atomic mass is 9.94. The number of rotatable bonds is 2. The molecule has 0 saturated carbocycles. The van der Waals surface area contributed by atoms with Gasteiger partial charge in [0.1, 0.15) is 5.60 Å². The molecular weight excluding hydrogens is 196 g/mol. The molecule has 0 radical (unpaired) electrons. The van der Waals surface area contributed by atoms with Gasteiger partial charge in [-0.2, -0.15) is 0 Å². The molecule has 2 rings (SSSR count). The Bertz CT molecular complexity index is 403. The first-order valence-corrected chi connectivity index (χ1v) is 5.76. The summed E-state index contributed by atoms with van der Waals surface area (Å²) >= 11 is 0. The third-order valence-electron chi connectivity index (χ3n) is 2.97. The number of hydrogen-bond donors (Lipinski definition) is 0. The molecule has 0 aromatic heterocycles. The van der Waals surface area contributed by atoms with E-state index in [2.05, 4.69) is 38.1 Å². The SMILES string of the molecule is CC1=COC(C)(/C=C\c2ccccc2)CC1. The predicted octanol–water partition coefficient (Wildman–Crippen LogP) is 4.17. The molecule has 0 fully saturated rings. The molecule has 0 amide bonds. The van der Waals surface area contributed by atoms with E-state index in [1.165, 1.54) is 11.1 Å². The Morgan fingerprint density at radius 2 is 2.00 bits per heavy atom. The van der Waals surface area contributed by atoms with Crippen LogP contribution >= 0.6 is 0 Å². The van der Waals surface area contributed by atoms with Gasteiger partial charge in [-0.25, -0.2) is 0 Å². The summed E-state index contributed by atoms with van der Waals surface area (Å²) in [6.07, 6.45) is 8.35. The molecule has 1 heterocycles. The average Bonchev–Trinajstić information content (AvgIpc) is 2.33. The van der Waals surface area contributed by atoms with Gasteiger partial charge in [-0.05, 0) is 43.9 Å². The molecule has 84 valence electrons. The van der Waals surface area contributed by atoms with Crippen molar-refractivity contribution in [2.75, 3.05) is 0 Å². The van der Waals surface area contributed by atoms with Crippen LogP contribution in [0.25, 0.3) is 6.08 Å². The summed E-state index contributed by atoms with van der Waals surface area (Å²) in [4.78, 5) is 0. The Kier molecular flexibility index (Phi) is 3.14. The van der Waals surface area contributed by atoms with Crippen LogP contribution in [0.15, 0.2) is 48.2 Å². The van der Waals surface area contributed by atoms with Gasteiger partial charge < -0.3 is 4.74 Å². The highest BCUT2D eigenvalue weighted by Crippen LogP contribution is 2.28. The molecule has 0 bridgehead atoms. The Morgan fingerprint density at radius 1 is 1.25 bits per heavy atom. The molecule has 0 N–H and O–H groups in total. The predicted molar refractivity (Wildman–Crippen MR) is 68.0 cm³/mol. The zero-order valence-corrected chi connectivity index (χ0v) is 9.94. The van der Waals surface area contributed by atoms with E-state index in [9.17, 15) is 0 Å². The minimum Gasteiger partial charge on any atom is -0.491 e. The standard InChI is InChI=1S/C15H18O/c1-13-8-10-15(2,16-12-13)11-9-14-6-4-3-5-7-14/h3-7,9,11-12H,8,10H2,1-2H3/b11-9-. The van der Waals surface area contributed by atoms with Crippen molar-refractivity contribution >= 4 is 6.08 Å². The summed E-state index contributed by atoms with van der Waals surface area (Å²) in [5, 5.41) is 0. The van der Waals surface area contributed by atoms with E-state index in [0.717, 1.165) is 12.8 Å². The first-order chi connectivity index (χ1) is 7.68. The molecule has 0 spiro atoms. The van der Waals surface area contributed by atoms with Crippen molar-refractivity contribution in [3.8, 4) is 0 Å². The van der Waals surface area contributed by atoms with Gasteiger partial charge >= 0.3 is 0 Å². The zero-order valence-electron chi connectivity index (χ0n) is 9.94. The minimum atomic E-state index is -0.144. The molecule has 1 aromatic rings. The highest BCUT2D eigenvalue weighted by molar-refractivity contribution is 5.50. The molecule has 1 aromatic carbocycles. The van der Waals surface area contributed by atoms with Crippen molar-refractivity contribution in [2.45, 2.75) is 32.3 Å². The monoisotopic (exact) mass is 214 g/mol. The smallest absolute Gasteiger partial charge is 0.124 e. The van der Waals surface area contributed by atoms with Crippen molar-refractivity contribution in [2.24, 2.45) is 0 Å². The van der Waals surface area contributed by atoms with Gasteiger partial charge in [0.05, 0.1) is 6.26 Å². The maximum atomic E-state index is 5.75. The fourth-order valence-corrected chi connectivity index (χ4v) is 1.76. The highest BCUT2D eigenvalue weighted by Gasteiger charge is 2.24. The van der Waals surface area contributed by atoms with Crippen LogP contribution in [0.2, 0.25) is 0 Å². The molecule has 1 atom stereocenters. The van der Waals surface area contributed by atoms with Gasteiger partial charge in [0.25, 0.3) is 0 Å². The number of ether oxygens (including phenoxy) is 1. The molecule has 1 unspecified atom stereocenters. The quantitative estimate of drug-likeness (QED) is 0.717. The zero-order chi connectivity index (χ0) is 11.4. The molecular formula is C15H18O. The van der Waals surface area contributed by atoms with Crippen molar-refractivity contribution in [3.63, 3.8) is 0 Å². The van der Waals surface area contributed by atoms with E-state index in [4.69, 9.17) is 4.74 Å². The van der Waals surface area contributed by atoms with Crippen molar-refractivity contribution in [1.82, 2.24) is 0 Å². The molecule has 1 aliphatic heterocycles. The van der Waals surface area contributed by atoms with Crippen LogP contribution in [0.4, 0.5) is 0 Å². The summed E-state index contributed by atoms with van der Waals surface area (Å²) in [7, 11) is 0. The number of hydrogen-bond acceptors (Lipinski definition) is 1. The van der Waals surface area contributed by atoms with Crippen LogP contribution in [-0.2, 0) is 4.74 Å². The lowest BCUT2D eigenvalue weighted by Gasteiger charge is -2.30. The fourth-order valence-electron chi connectivity index (χ4n) is 1.76.